The molecule has 0 aromatic heterocycles. The second-order valence-corrected chi connectivity index (χ2v) is 5.71. The summed E-state index contributed by atoms with van der Waals surface area (Å²) in [4.78, 5) is 2.56. The Morgan fingerprint density at radius 1 is 1.22 bits per heavy atom. The molecule has 2 aliphatic rings. The largest absolute Gasteiger partial charge is 0.398 e. The molecule has 2 nitrogen and oxygen atoms in total. The fourth-order valence-corrected chi connectivity index (χ4v) is 3.68. The third-order valence-electron chi connectivity index (χ3n) is 4.59. The molecule has 2 atom stereocenters. The fourth-order valence-electron chi connectivity index (χ4n) is 3.68. The Morgan fingerprint density at radius 2 is 2.06 bits per heavy atom. The average Bonchev–Trinajstić information content (AvgIpc) is 2.82. The van der Waals surface area contributed by atoms with Gasteiger partial charge in [-0.05, 0) is 55.8 Å². The van der Waals surface area contributed by atoms with Crippen molar-refractivity contribution in [1.29, 1.82) is 0 Å². The van der Waals surface area contributed by atoms with Crippen molar-refractivity contribution >= 4 is 5.69 Å². The monoisotopic (exact) mass is 248 g/mol. The normalized spacial score (nSPS) is 28.3. The summed E-state index contributed by atoms with van der Waals surface area (Å²) < 4.78 is 13.0. The maximum atomic E-state index is 13.0. The van der Waals surface area contributed by atoms with Crippen LogP contribution in [0.1, 0.15) is 37.7 Å². The highest BCUT2D eigenvalue weighted by molar-refractivity contribution is 5.46. The van der Waals surface area contributed by atoms with E-state index in [2.05, 4.69) is 4.90 Å². The minimum atomic E-state index is -0.242. The highest BCUT2D eigenvalue weighted by Gasteiger charge is 2.34. The topological polar surface area (TPSA) is 29.3 Å². The summed E-state index contributed by atoms with van der Waals surface area (Å²) in [5.41, 5.74) is 7.57. The quantitative estimate of drug-likeness (QED) is 0.814. The summed E-state index contributed by atoms with van der Waals surface area (Å²) in [7, 11) is 0. The Hall–Kier alpha value is -1.09. The molecular formula is C15H21FN2. The van der Waals surface area contributed by atoms with E-state index in [-0.39, 0.29) is 5.82 Å². The number of hydrogen-bond donors (Lipinski definition) is 1. The van der Waals surface area contributed by atoms with Gasteiger partial charge >= 0.3 is 0 Å². The van der Waals surface area contributed by atoms with Gasteiger partial charge in [-0.1, -0.05) is 12.5 Å². The van der Waals surface area contributed by atoms with E-state index in [4.69, 9.17) is 5.73 Å². The van der Waals surface area contributed by atoms with Crippen LogP contribution < -0.4 is 5.73 Å². The van der Waals surface area contributed by atoms with Crippen molar-refractivity contribution in [1.82, 2.24) is 4.90 Å². The molecule has 0 radical (unpaired) electrons. The van der Waals surface area contributed by atoms with Crippen LogP contribution in [0.5, 0.6) is 0 Å². The number of likely N-dealkylation sites (tertiary alicyclic amines) is 1. The Balaban J connectivity index is 1.75. The summed E-state index contributed by atoms with van der Waals surface area (Å²) in [6, 6.07) is 5.53. The van der Waals surface area contributed by atoms with Crippen molar-refractivity contribution in [3.05, 3.63) is 29.6 Å². The van der Waals surface area contributed by atoms with Gasteiger partial charge in [0, 0.05) is 18.3 Å². The number of benzene rings is 1. The minimum Gasteiger partial charge on any atom is -0.398 e. The van der Waals surface area contributed by atoms with Gasteiger partial charge in [-0.25, -0.2) is 4.39 Å². The first-order valence-corrected chi connectivity index (χ1v) is 7.02. The van der Waals surface area contributed by atoms with Crippen LogP contribution in [0.4, 0.5) is 10.1 Å². The van der Waals surface area contributed by atoms with Crippen LogP contribution in [-0.2, 0) is 6.54 Å². The summed E-state index contributed by atoms with van der Waals surface area (Å²) in [5.74, 6) is 0.647. The average molecular weight is 248 g/mol. The van der Waals surface area contributed by atoms with E-state index >= 15 is 0 Å². The van der Waals surface area contributed by atoms with Gasteiger partial charge in [0.25, 0.3) is 0 Å². The molecule has 1 aliphatic heterocycles. The van der Waals surface area contributed by atoms with E-state index in [1.165, 1.54) is 44.2 Å². The number of hydrogen-bond acceptors (Lipinski definition) is 2. The van der Waals surface area contributed by atoms with Gasteiger partial charge in [-0.2, -0.15) is 0 Å². The van der Waals surface area contributed by atoms with Crippen molar-refractivity contribution in [3.63, 3.8) is 0 Å². The lowest BCUT2D eigenvalue weighted by Gasteiger charge is -2.38. The first-order valence-electron chi connectivity index (χ1n) is 7.02. The van der Waals surface area contributed by atoms with Crippen LogP contribution in [0.15, 0.2) is 18.2 Å². The Kier molecular flexibility index (Phi) is 3.25. The molecular weight excluding hydrogens is 227 g/mol. The molecule has 0 bridgehead atoms. The van der Waals surface area contributed by atoms with E-state index in [0.29, 0.717) is 5.69 Å². The zero-order chi connectivity index (χ0) is 12.5. The third kappa shape index (κ3) is 2.24. The van der Waals surface area contributed by atoms with Crippen LogP contribution in [0.2, 0.25) is 0 Å². The van der Waals surface area contributed by atoms with Crippen LogP contribution in [0.25, 0.3) is 0 Å². The molecule has 3 rings (SSSR count). The number of halogens is 1. The molecule has 1 saturated carbocycles. The molecule has 0 spiro atoms. The molecule has 1 aromatic rings. The van der Waals surface area contributed by atoms with E-state index in [1.54, 1.807) is 0 Å². The van der Waals surface area contributed by atoms with E-state index in [1.807, 2.05) is 6.07 Å². The van der Waals surface area contributed by atoms with E-state index in [9.17, 15) is 4.39 Å². The molecule has 1 saturated heterocycles. The summed E-state index contributed by atoms with van der Waals surface area (Å²) in [5, 5.41) is 0. The molecule has 0 amide bonds. The second kappa shape index (κ2) is 4.88. The van der Waals surface area contributed by atoms with E-state index < -0.39 is 0 Å². The minimum absolute atomic E-state index is 0.242. The Labute approximate surface area is 108 Å². The second-order valence-electron chi connectivity index (χ2n) is 5.71. The van der Waals surface area contributed by atoms with Crippen molar-refractivity contribution < 1.29 is 4.39 Å². The van der Waals surface area contributed by atoms with Crippen LogP contribution in [0, 0.1) is 11.7 Å². The fraction of sp³-hybridized carbons (Fsp3) is 0.600. The van der Waals surface area contributed by atoms with Gasteiger partial charge in [0.1, 0.15) is 5.82 Å². The van der Waals surface area contributed by atoms with Gasteiger partial charge < -0.3 is 5.73 Å². The first-order chi connectivity index (χ1) is 8.74. The highest BCUT2D eigenvalue weighted by Crippen LogP contribution is 2.37. The standard InChI is InChI=1S/C15H21FN2/c16-13-7-6-12(14(17)9-13)10-18-8-2-4-11-3-1-5-15(11)18/h6-7,9,11,15H,1-5,8,10,17H2. The SMILES string of the molecule is Nc1cc(F)ccc1CN1CCCC2CCCC21. The molecule has 2 fully saturated rings. The molecule has 2 N–H and O–H groups in total. The number of nitrogens with two attached hydrogens (primary N) is 1. The summed E-state index contributed by atoms with van der Waals surface area (Å²) >= 11 is 0. The van der Waals surface area contributed by atoms with Gasteiger partial charge in [-0.3, -0.25) is 4.90 Å². The molecule has 1 aromatic carbocycles. The van der Waals surface area contributed by atoms with Gasteiger partial charge in [0.15, 0.2) is 0 Å². The molecule has 1 heterocycles. The molecule has 3 heteroatoms. The van der Waals surface area contributed by atoms with Crippen molar-refractivity contribution in [2.24, 2.45) is 5.92 Å². The molecule has 18 heavy (non-hydrogen) atoms. The lowest BCUT2D eigenvalue weighted by molar-refractivity contribution is 0.106. The van der Waals surface area contributed by atoms with E-state index in [0.717, 1.165) is 30.6 Å². The van der Waals surface area contributed by atoms with Crippen molar-refractivity contribution in [3.8, 4) is 0 Å². The lowest BCUT2D eigenvalue weighted by Crippen LogP contribution is -2.41. The summed E-state index contributed by atoms with van der Waals surface area (Å²) in [6.07, 6.45) is 6.76. The Bertz CT molecular complexity index is 433. The highest BCUT2D eigenvalue weighted by atomic mass is 19.1. The first kappa shape index (κ1) is 12.0. The molecule has 2 unspecified atom stereocenters. The number of anilines is 1. The smallest absolute Gasteiger partial charge is 0.125 e. The Morgan fingerprint density at radius 3 is 2.89 bits per heavy atom. The lowest BCUT2D eigenvalue weighted by atomic mass is 9.91. The van der Waals surface area contributed by atoms with Gasteiger partial charge in [0.05, 0.1) is 0 Å². The number of piperidine rings is 1. The zero-order valence-corrected chi connectivity index (χ0v) is 10.7. The van der Waals surface area contributed by atoms with Crippen molar-refractivity contribution in [2.45, 2.75) is 44.7 Å². The maximum absolute atomic E-state index is 13.0. The maximum Gasteiger partial charge on any atom is 0.125 e. The number of nitrogens with zero attached hydrogens (tertiary/aromatic N) is 1. The van der Waals surface area contributed by atoms with Crippen LogP contribution >= 0.6 is 0 Å². The van der Waals surface area contributed by atoms with Crippen LogP contribution in [0.3, 0.4) is 0 Å². The third-order valence-corrected chi connectivity index (χ3v) is 4.59. The van der Waals surface area contributed by atoms with Gasteiger partial charge in [0.2, 0.25) is 0 Å². The van der Waals surface area contributed by atoms with Crippen LogP contribution in [-0.4, -0.2) is 17.5 Å². The number of nitrogen functional groups attached to an aromatic ring is 1. The van der Waals surface area contributed by atoms with Crippen molar-refractivity contribution in [2.75, 3.05) is 12.3 Å². The predicted octanol–water partition coefficient (Wildman–Crippen LogP) is 3.17. The predicted molar refractivity (Wildman–Crippen MR) is 71.6 cm³/mol. The number of fused-ring (bicyclic) bond motifs is 1. The molecule has 1 aliphatic carbocycles. The zero-order valence-electron chi connectivity index (χ0n) is 10.7. The number of rotatable bonds is 2. The summed E-state index contributed by atoms with van der Waals surface area (Å²) in [6.45, 7) is 2.05. The van der Waals surface area contributed by atoms with Gasteiger partial charge in [-0.15, -0.1) is 0 Å². The molecule has 98 valence electrons.